The van der Waals surface area contributed by atoms with Gasteiger partial charge in [-0.2, -0.15) is 0 Å². The summed E-state index contributed by atoms with van der Waals surface area (Å²) in [7, 11) is 4.02. The van der Waals surface area contributed by atoms with Gasteiger partial charge >= 0.3 is 0 Å². The molecule has 1 aromatic heterocycles. The van der Waals surface area contributed by atoms with Gasteiger partial charge < -0.3 is 19.6 Å². The Labute approximate surface area is 157 Å². The molecule has 0 bridgehead atoms. The SMILES string of the molecule is CN(C)C(CNCC(O)COc1ccc(C(C)(C)C)cc1)c1ccco1. The number of hydrogen-bond donors (Lipinski definition) is 2. The van der Waals surface area contributed by atoms with E-state index in [9.17, 15) is 5.11 Å². The van der Waals surface area contributed by atoms with E-state index in [2.05, 4.69) is 43.1 Å². The molecule has 0 spiro atoms. The molecule has 0 amide bonds. The molecule has 0 saturated carbocycles. The molecule has 5 nitrogen and oxygen atoms in total. The minimum Gasteiger partial charge on any atom is -0.491 e. The predicted octanol–water partition coefficient (Wildman–Crippen LogP) is 3.21. The highest BCUT2D eigenvalue weighted by atomic mass is 16.5. The molecule has 1 heterocycles. The van der Waals surface area contributed by atoms with E-state index < -0.39 is 6.10 Å². The molecule has 1 aromatic carbocycles. The molecule has 0 radical (unpaired) electrons. The molecule has 0 saturated heterocycles. The number of rotatable bonds is 9. The summed E-state index contributed by atoms with van der Waals surface area (Å²) in [6.45, 7) is 7.96. The number of ether oxygens (including phenoxy) is 1. The van der Waals surface area contributed by atoms with Gasteiger partial charge in [-0.3, -0.25) is 4.90 Å². The second-order valence-electron chi connectivity index (χ2n) is 7.89. The standard InChI is InChI=1S/C21H32N2O3/c1-21(2,3)16-8-10-18(11-9-16)26-15-17(24)13-22-14-19(23(4)5)20-7-6-12-25-20/h6-12,17,19,22,24H,13-15H2,1-5H3. The first-order valence-electron chi connectivity index (χ1n) is 9.09. The van der Waals surface area contributed by atoms with Crippen molar-refractivity contribution in [1.82, 2.24) is 10.2 Å². The Morgan fingerprint density at radius 2 is 1.81 bits per heavy atom. The molecule has 2 unspecified atom stereocenters. The van der Waals surface area contributed by atoms with Gasteiger partial charge in [0.05, 0.1) is 12.3 Å². The molecule has 2 N–H and O–H groups in total. The highest BCUT2D eigenvalue weighted by Gasteiger charge is 2.17. The third kappa shape index (κ3) is 6.16. The van der Waals surface area contributed by atoms with Crippen molar-refractivity contribution in [3.8, 4) is 5.75 Å². The fraction of sp³-hybridized carbons (Fsp3) is 0.524. The van der Waals surface area contributed by atoms with Crippen molar-refractivity contribution < 1.29 is 14.3 Å². The summed E-state index contributed by atoms with van der Waals surface area (Å²) in [5, 5.41) is 13.4. The van der Waals surface area contributed by atoms with E-state index in [0.717, 1.165) is 11.5 Å². The van der Waals surface area contributed by atoms with E-state index in [4.69, 9.17) is 9.15 Å². The molecule has 2 aromatic rings. The number of aliphatic hydroxyl groups is 1. The first-order chi connectivity index (χ1) is 12.3. The Balaban J connectivity index is 1.74. The number of nitrogens with one attached hydrogen (secondary N) is 1. The van der Waals surface area contributed by atoms with Gasteiger partial charge in [-0.25, -0.2) is 0 Å². The van der Waals surface area contributed by atoms with Crippen LogP contribution in [0.15, 0.2) is 47.1 Å². The number of aliphatic hydroxyl groups excluding tert-OH is 1. The fourth-order valence-corrected chi connectivity index (χ4v) is 2.71. The van der Waals surface area contributed by atoms with E-state index in [-0.39, 0.29) is 18.1 Å². The predicted molar refractivity (Wildman–Crippen MR) is 105 cm³/mol. The quantitative estimate of drug-likeness (QED) is 0.719. The molecule has 26 heavy (non-hydrogen) atoms. The smallest absolute Gasteiger partial charge is 0.122 e. The van der Waals surface area contributed by atoms with Gasteiger partial charge in [-0.05, 0) is 49.3 Å². The molecule has 0 aliphatic carbocycles. The zero-order valence-electron chi connectivity index (χ0n) is 16.5. The van der Waals surface area contributed by atoms with E-state index in [1.54, 1.807) is 6.26 Å². The Bertz CT molecular complexity index is 630. The molecule has 0 fully saturated rings. The van der Waals surface area contributed by atoms with Gasteiger partial charge in [0.1, 0.15) is 24.2 Å². The van der Waals surface area contributed by atoms with Crippen LogP contribution in [0.2, 0.25) is 0 Å². The molecule has 2 rings (SSSR count). The van der Waals surface area contributed by atoms with Crippen molar-refractivity contribution in [2.75, 3.05) is 33.8 Å². The summed E-state index contributed by atoms with van der Waals surface area (Å²) < 4.78 is 11.2. The van der Waals surface area contributed by atoms with E-state index in [1.807, 2.05) is 38.4 Å². The molecular weight excluding hydrogens is 328 g/mol. The third-order valence-electron chi connectivity index (χ3n) is 4.38. The van der Waals surface area contributed by atoms with E-state index in [0.29, 0.717) is 13.1 Å². The Morgan fingerprint density at radius 1 is 1.12 bits per heavy atom. The van der Waals surface area contributed by atoms with Crippen LogP contribution in [0.5, 0.6) is 5.75 Å². The van der Waals surface area contributed by atoms with E-state index >= 15 is 0 Å². The maximum Gasteiger partial charge on any atom is 0.122 e. The lowest BCUT2D eigenvalue weighted by atomic mass is 9.87. The third-order valence-corrected chi connectivity index (χ3v) is 4.38. The zero-order chi connectivity index (χ0) is 19.2. The van der Waals surface area contributed by atoms with E-state index in [1.165, 1.54) is 5.56 Å². The number of nitrogens with zero attached hydrogens (tertiary/aromatic N) is 1. The van der Waals surface area contributed by atoms with Gasteiger partial charge in [0.2, 0.25) is 0 Å². The van der Waals surface area contributed by atoms with Crippen LogP contribution in [-0.2, 0) is 5.41 Å². The molecule has 144 valence electrons. The van der Waals surface area contributed by atoms with Gasteiger partial charge in [0, 0.05) is 13.1 Å². The number of benzene rings is 1. The van der Waals surface area contributed by atoms with Crippen LogP contribution in [0.3, 0.4) is 0 Å². The first kappa shape index (κ1) is 20.5. The fourth-order valence-electron chi connectivity index (χ4n) is 2.71. The molecule has 0 aliphatic rings. The van der Waals surface area contributed by atoms with Gasteiger partial charge in [-0.1, -0.05) is 32.9 Å². The molecule has 0 aliphatic heterocycles. The summed E-state index contributed by atoms with van der Waals surface area (Å²) >= 11 is 0. The van der Waals surface area contributed by atoms with Crippen molar-refractivity contribution in [3.63, 3.8) is 0 Å². The molecular formula is C21H32N2O3. The van der Waals surface area contributed by atoms with Crippen molar-refractivity contribution in [2.45, 2.75) is 38.3 Å². The summed E-state index contributed by atoms with van der Waals surface area (Å²) in [5.41, 5.74) is 1.39. The summed E-state index contributed by atoms with van der Waals surface area (Å²) in [6, 6.07) is 12.0. The summed E-state index contributed by atoms with van der Waals surface area (Å²) in [5.74, 6) is 1.69. The summed E-state index contributed by atoms with van der Waals surface area (Å²) in [4.78, 5) is 2.09. The highest BCUT2D eigenvalue weighted by Crippen LogP contribution is 2.24. The van der Waals surface area contributed by atoms with Gasteiger partial charge in [-0.15, -0.1) is 0 Å². The van der Waals surface area contributed by atoms with Crippen LogP contribution < -0.4 is 10.1 Å². The normalized spacial score (nSPS) is 14.4. The van der Waals surface area contributed by atoms with Gasteiger partial charge in [0.15, 0.2) is 0 Å². The van der Waals surface area contributed by atoms with Crippen LogP contribution in [0.25, 0.3) is 0 Å². The Kier molecular flexibility index (Phi) is 7.26. The minimum absolute atomic E-state index is 0.124. The van der Waals surface area contributed by atoms with Crippen LogP contribution in [0.4, 0.5) is 0 Å². The Morgan fingerprint density at radius 3 is 2.35 bits per heavy atom. The van der Waals surface area contributed by atoms with Crippen molar-refractivity contribution in [1.29, 1.82) is 0 Å². The lowest BCUT2D eigenvalue weighted by molar-refractivity contribution is 0.104. The lowest BCUT2D eigenvalue weighted by Gasteiger charge is -2.23. The maximum atomic E-state index is 10.2. The minimum atomic E-state index is -0.572. The lowest BCUT2D eigenvalue weighted by Crippen LogP contribution is -2.37. The topological polar surface area (TPSA) is 57.9 Å². The van der Waals surface area contributed by atoms with Gasteiger partial charge in [0.25, 0.3) is 0 Å². The van der Waals surface area contributed by atoms with Crippen LogP contribution in [-0.4, -0.2) is 49.9 Å². The average Bonchev–Trinajstić information content (AvgIpc) is 3.10. The number of likely N-dealkylation sites (N-methyl/N-ethyl adjacent to an activating group) is 1. The van der Waals surface area contributed by atoms with Crippen molar-refractivity contribution in [3.05, 3.63) is 54.0 Å². The van der Waals surface area contributed by atoms with Crippen LogP contribution >= 0.6 is 0 Å². The molecule has 5 heteroatoms. The highest BCUT2D eigenvalue weighted by molar-refractivity contribution is 5.31. The average molecular weight is 360 g/mol. The van der Waals surface area contributed by atoms with Crippen LogP contribution in [0, 0.1) is 0 Å². The van der Waals surface area contributed by atoms with Crippen molar-refractivity contribution >= 4 is 0 Å². The maximum absolute atomic E-state index is 10.2. The second kappa shape index (κ2) is 9.21. The number of furan rings is 1. The van der Waals surface area contributed by atoms with Crippen molar-refractivity contribution in [2.24, 2.45) is 0 Å². The van der Waals surface area contributed by atoms with Crippen LogP contribution in [0.1, 0.15) is 38.1 Å². The first-order valence-corrected chi connectivity index (χ1v) is 9.09. The number of hydrogen-bond acceptors (Lipinski definition) is 5. The molecule has 2 atom stereocenters. The zero-order valence-corrected chi connectivity index (χ0v) is 16.5. The Hall–Kier alpha value is -1.82. The monoisotopic (exact) mass is 360 g/mol. The largest absolute Gasteiger partial charge is 0.491 e. The summed E-state index contributed by atoms with van der Waals surface area (Å²) in [6.07, 6.45) is 1.11. The second-order valence-corrected chi connectivity index (χ2v) is 7.89.